The molecule has 1 heterocycles. The van der Waals surface area contributed by atoms with Crippen molar-refractivity contribution in [3.8, 4) is 0 Å². The molecule has 90 valence electrons. The number of carbonyl (C=O) groups is 1. The van der Waals surface area contributed by atoms with Gasteiger partial charge in [-0.2, -0.15) is 0 Å². The summed E-state index contributed by atoms with van der Waals surface area (Å²) in [5, 5.41) is 6.60. The molecule has 2 aromatic rings. The van der Waals surface area contributed by atoms with Gasteiger partial charge in [-0.25, -0.2) is 9.78 Å². The first-order valence-electron chi connectivity index (χ1n) is 5.49. The standard InChI is InChI=1S/C12H15N3OS/c1-7(2)13-12(16)15-9-4-5-11-10(6-9)14-8(3)17-11/h4-7H,1-3H3,(H2,13,15,16). The molecule has 17 heavy (non-hydrogen) atoms. The van der Waals surface area contributed by atoms with Gasteiger partial charge in [0.1, 0.15) is 0 Å². The van der Waals surface area contributed by atoms with Crippen LogP contribution in [-0.4, -0.2) is 17.1 Å². The van der Waals surface area contributed by atoms with E-state index >= 15 is 0 Å². The summed E-state index contributed by atoms with van der Waals surface area (Å²) in [5.41, 5.74) is 1.69. The molecule has 0 fully saturated rings. The van der Waals surface area contributed by atoms with Crippen molar-refractivity contribution in [2.24, 2.45) is 0 Å². The van der Waals surface area contributed by atoms with Crippen LogP contribution >= 0.6 is 11.3 Å². The zero-order chi connectivity index (χ0) is 12.4. The van der Waals surface area contributed by atoms with E-state index in [0.717, 1.165) is 20.9 Å². The van der Waals surface area contributed by atoms with Crippen molar-refractivity contribution >= 4 is 33.3 Å². The van der Waals surface area contributed by atoms with Crippen molar-refractivity contribution in [2.45, 2.75) is 26.8 Å². The maximum atomic E-state index is 11.5. The van der Waals surface area contributed by atoms with Crippen LogP contribution in [0.3, 0.4) is 0 Å². The van der Waals surface area contributed by atoms with Crippen molar-refractivity contribution in [1.29, 1.82) is 0 Å². The smallest absolute Gasteiger partial charge is 0.319 e. The highest BCUT2D eigenvalue weighted by molar-refractivity contribution is 7.18. The first-order valence-corrected chi connectivity index (χ1v) is 6.31. The van der Waals surface area contributed by atoms with E-state index in [0.29, 0.717) is 0 Å². The Morgan fingerprint density at radius 1 is 1.41 bits per heavy atom. The van der Waals surface area contributed by atoms with E-state index in [4.69, 9.17) is 0 Å². The van der Waals surface area contributed by atoms with E-state index in [2.05, 4.69) is 15.6 Å². The lowest BCUT2D eigenvalue weighted by Gasteiger charge is -2.09. The molecule has 2 amide bonds. The molecule has 4 nitrogen and oxygen atoms in total. The van der Waals surface area contributed by atoms with Crippen molar-refractivity contribution in [2.75, 3.05) is 5.32 Å². The van der Waals surface area contributed by atoms with Crippen molar-refractivity contribution in [3.63, 3.8) is 0 Å². The highest BCUT2D eigenvalue weighted by Crippen LogP contribution is 2.24. The zero-order valence-electron chi connectivity index (χ0n) is 10.1. The first-order chi connectivity index (χ1) is 8.04. The monoisotopic (exact) mass is 249 g/mol. The molecule has 0 atom stereocenters. The number of hydrogen-bond donors (Lipinski definition) is 2. The minimum atomic E-state index is -0.189. The maximum Gasteiger partial charge on any atom is 0.319 e. The molecule has 0 aliphatic carbocycles. The Kier molecular flexibility index (Phi) is 3.28. The van der Waals surface area contributed by atoms with E-state index in [1.165, 1.54) is 0 Å². The van der Waals surface area contributed by atoms with Crippen LogP contribution in [0.5, 0.6) is 0 Å². The second kappa shape index (κ2) is 4.71. The van der Waals surface area contributed by atoms with Gasteiger partial charge in [0.2, 0.25) is 0 Å². The van der Waals surface area contributed by atoms with Gasteiger partial charge >= 0.3 is 6.03 Å². The van der Waals surface area contributed by atoms with E-state index < -0.39 is 0 Å². The lowest BCUT2D eigenvalue weighted by molar-refractivity contribution is 0.250. The number of aryl methyl sites for hydroxylation is 1. The second-order valence-electron chi connectivity index (χ2n) is 4.17. The lowest BCUT2D eigenvalue weighted by Crippen LogP contribution is -2.34. The number of rotatable bonds is 2. The summed E-state index contributed by atoms with van der Waals surface area (Å²) in [7, 11) is 0. The van der Waals surface area contributed by atoms with E-state index in [-0.39, 0.29) is 12.1 Å². The average Bonchev–Trinajstić information content (AvgIpc) is 2.55. The summed E-state index contributed by atoms with van der Waals surface area (Å²) in [6.45, 7) is 5.82. The average molecular weight is 249 g/mol. The molecular formula is C12H15N3OS. The van der Waals surface area contributed by atoms with Crippen molar-refractivity contribution in [3.05, 3.63) is 23.2 Å². The van der Waals surface area contributed by atoms with Gasteiger partial charge in [-0.3, -0.25) is 0 Å². The molecule has 2 rings (SSSR count). The number of anilines is 1. The highest BCUT2D eigenvalue weighted by atomic mass is 32.1. The third-order valence-corrected chi connectivity index (χ3v) is 3.12. The van der Waals surface area contributed by atoms with E-state index in [1.54, 1.807) is 11.3 Å². The Balaban J connectivity index is 2.16. The molecule has 1 aromatic heterocycles. The summed E-state index contributed by atoms with van der Waals surface area (Å²) in [4.78, 5) is 15.9. The van der Waals surface area contributed by atoms with Crippen LogP contribution in [-0.2, 0) is 0 Å². The fraction of sp³-hybridized carbons (Fsp3) is 0.333. The molecular weight excluding hydrogens is 234 g/mol. The summed E-state index contributed by atoms with van der Waals surface area (Å²) < 4.78 is 1.14. The lowest BCUT2D eigenvalue weighted by atomic mass is 10.3. The Hall–Kier alpha value is -1.62. The molecule has 0 saturated heterocycles. The summed E-state index contributed by atoms with van der Waals surface area (Å²) >= 11 is 1.65. The zero-order valence-corrected chi connectivity index (χ0v) is 10.9. The van der Waals surface area contributed by atoms with Gasteiger partial charge in [-0.1, -0.05) is 0 Å². The van der Waals surface area contributed by atoms with Gasteiger partial charge in [0, 0.05) is 11.7 Å². The van der Waals surface area contributed by atoms with Gasteiger partial charge in [0.05, 0.1) is 15.2 Å². The summed E-state index contributed by atoms with van der Waals surface area (Å²) in [6.07, 6.45) is 0. The molecule has 0 bridgehead atoms. The van der Waals surface area contributed by atoms with Crippen LogP contribution in [0.15, 0.2) is 18.2 Å². The molecule has 2 N–H and O–H groups in total. The molecule has 0 radical (unpaired) electrons. The van der Waals surface area contributed by atoms with Gasteiger partial charge < -0.3 is 10.6 Å². The summed E-state index contributed by atoms with van der Waals surface area (Å²) in [5.74, 6) is 0. The quantitative estimate of drug-likeness (QED) is 0.859. The van der Waals surface area contributed by atoms with Gasteiger partial charge in [0.25, 0.3) is 0 Å². The number of hydrogen-bond acceptors (Lipinski definition) is 3. The van der Waals surface area contributed by atoms with Crippen molar-refractivity contribution < 1.29 is 4.79 Å². The minimum absolute atomic E-state index is 0.125. The topological polar surface area (TPSA) is 54.0 Å². The number of nitrogens with one attached hydrogen (secondary N) is 2. The number of urea groups is 1. The van der Waals surface area contributed by atoms with Gasteiger partial charge in [-0.05, 0) is 39.0 Å². The Bertz CT molecular complexity index is 548. The molecule has 0 aliphatic heterocycles. The van der Waals surface area contributed by atoms with Crippen molar-refractivity contribution in [1.82, 2.24) is 10.3 Å². The molecule has 0 saturated carbocycles. The Labute approximate surface area is 104 Å². The minimum Gasteiger partial charge on any atom is -0.336 e. The van der Waals surface area contributed by atoms with Crippen LogP contribution in [0.1, 0.15) is 18.9 Å². The molecule has 1 aromatic carbocycles. The number of aromatic nitrogens is 1. The van der Waals surface area contributed by atoms with Gasteiger partial charge in [-0.15, -0.1) is 11.3 Å². The highest BCUT2D eigenvalue weighted by Gasteiger charge is 2.05. The predicted octanol–water partition coefficient (Wildman–Crippen LogP) is 3.13. The molecule has 0 spiro atoms. The molecule has 0 unspecified atom stereocenters. The van der Waals surface area contributed by atoms with Crippen LogP contribution in [0.25, 0.3) is 10.2 Å². The van der Waals surface area contributed by atoms with E-state index in [9.17, 15) is 4.79 Å². The number of nitrogens with zero attached hydrogens (tertiary/aromatic N) is 1. The molecule has 0 aliphatic rings. The number of thiazole rings is 1. The van der Waals surface area contributed by atoms with Gasteiger partial charge in [0.15, 0.2) is 0 Å². The second-order valence-corrected chi connectivity index (χ2v) is 5.40. The van der Waals surface area contributed by atoms with Crippen LogP contribution in [0.2, 0.25) is 0 Å². The summed E-state index contributed by atoms with van der Waals surface area (Å²) in [6, 6.07) is 5.69. The normalized spacial score (nSPS) is 10.8. The third-order valence-electron chi connectivity index (χ3n) is 2.17. The number of fused-ring (bicyclic) bond motifs is 1. The Morgan fingerprint density at radius 2 is 2.18 bits per heavy atom. The predicted molar refractivity (Wildman–Crippen MR) is 71.6 cm³/mol. The number of amides is 2. The van der Waals surface area contributed by atoms with Crippen LogP contribution in [0.4, 0.5) is 10.5 Å². The fourth-order valence-corrected chi connectivity index (χ4v) is 2.36. The van der Waals surface area contributed by atoms with Crippen LogP contribution in [0, 0.1) is 6.92 Å². The van der Waals surface area contributed by atoms with E-state index in [1.807, 2.05) is 39.0 Å². The largest absolute Gasteiger partial charge is 0.336 e. The number of carbonyl (C=O) groups excluding carboxylic acids is 1. The fourth-order valence-electron chi connectivity index (χ4n) is 1.55. The first kappa shape index (κ1) is 11.9. The molecule has 5 heteroatoms. The SMILES string of the molecule is Cc1nc2cc(NC(=O)NC(C)C)ccc2s1. The number of benzene rings is 1. The Morgan fingerprint density at radius 3 is 2.88 bits per heavy atom. The third kappa shape index (κ3) is 2.94. The van der Waals surface area contributed by atoms with Crippen LogP contribution < -0.4 is 10.6 Å². The maximum absolute atomic E-state index is 11.5.